The van der Waals surface area contributed by atoms with Gasteiger partial charge in [0.05, 0.1) is 4.92 Å². The second-order valence-electron chi connectivity index (χ2n) is 6.61. The van der Waals surface area contributed by atoms with E-state index in [-0.39, 0.29) is 23.9 Å². The van der Waals surface area contributed by atoms with E-state index in [1.54, 1.807) is 12.1 Å². The zero-order valence-corrected chi connectivity index (χ0v) is 14.6. The van der Waals surface area contributed by atoms with Crippen LogP contribution >= 0.6 is 0 Å². The third kappa shape index (κ3) is 5.98. The van der Waals surface area contributed by atoms with E-state index in [1.165, 1.54) is 6.07 Å². The first kappa shape index (κ1) is 19.6. The number of nitrogens with zero attached hydrogens (tertiary/aromatic N) is 1. The van der Waals surface area contributed by atoms with Crippen LogP contribution in [0.3, 0.4) is 0 Å². The maximum absolute atomic E-state index is 11.9. The number of hydrogen-bond donors (Lipinski definition) is 2. The Bertz CT molecular complexity index is 621. The number of nitrogens with one attached hydrogen (secondary N) is 2. The van der Waals surface area contributed by atoms with E-state index in [0.717, 1.165) is 0 Å². The van der Waals surface area contributed by atoms with E-state index in [1.807, 2.05) is 27.7 Å². The molecule has 0 aliphatic carbocycles. The van der Waals surface area contributed by atoms with E-state index < -0.39 is 10.3 Å². The molecule has 1 rings (SSSR count). The second-order valence-corrected chi connectivity index (χ2v) is 6.61. The van der Waals surface area contributed by atoms with Crippen LogP contribution in [0.4, 0.5) is 11.4 Å². The molecule has 0 spiro atoms. The largest absolute Gasteiger partial charge is 0.356 e. The fourth-order valence-corrected chi connectivity index (χ4v) is 2.05. The van der Waals surface area contributed by atoms with Gasteiger partial charge in [-0.15, -0.1) is 0 Å². The topological polar surface area (TPSA) is 101 Å². The molecule has 0 aliphatic heterocycles. The molecule has 7 nitrogen and oxygen atoms in total. The molecule has 0 fully saturated rings. The van der Waals surface area contributed by atoms with Crippen molar-refractivity contribution in [3.8, 4) is 0 Å². The van der Waals surface area contributed by atoms with Gasteiger partial charge in [0.1, 0.15) is 0 Å². The first-order valence-corrected chi connectivity index (χ1v) is 8.00. The Labute approximate surface area is 142 Å². The van der Waals surface area contributed by atoms with Crippen LogP contribution in [0.2, 0.25) is 0 Å². The molecule has 0 unspecified atom stereocenters. The summed E-state index contributed by atoms with van der Waals surface area (Å²) in [5.41, 5.74) is 0.584. The molecule has 0 atom stereocenters. The molecule has 7 heteroatoms. The van der Waals surface area contributed by atoms with Crippen LogP contribution in [0.1, 0.15) is 46.1 Å². The molecular formula is C17H25N3O4. The minimum atomic E-state index is -0.456. The van der Waals surface area contributed by atoms with Crippen LogP contribution in [0.5, 0.6) is 0 Å². The highest BCUT2D eigenvalue weighted by atomic mass is 16.6. The molecule has 0 saturated carbocycles. The highest BCUT2D eigenvalue weighted by molar-refractivity contribution is 5.91. The van der Waals surface area contributed by atoms with Gasteiger partial charge >= 0.3 is 0 Å². The average Bonchev–Trinajstić information content (AvgIpc) is 2.50. The maximum atomic E-state index is 11.9. The Morgan fingerprint density at radius 2 is 1.92 bits per heavy atom. The summed E-state index contributed by atoms with van der Waals surface area (Å²) >= 11 is 0. The Hall–Kier alpha value is -2.44. The monoisotopic (exact) mass is 335 g/mol. The average molecular weight is 335 g/mol. The number of anilines is 1. The molecule has 2 N–H and O–H groups in total. The van der Waals surface area contributed by atoms with E-state index in [9.17, 15) is 19.7 Å². The number of nitro groups is 1. The standard InChI is InChI=1S/C17H25N3O4/c1-5-12-8-9-13(11-14(12)20(23)24)19-15(21)7-6-10-18-16(22)17(2,3)4/h8-9,11H,5-7,10H2,1-4H3,(H,18,22)(H,19,21). The number of rotatable bonds is 7. The molecule has 0 aliphatic rings. The van der Waals surface area contributed by atoms with Gasteiger partial charge in [-0.1, -0.05) is 33.8 Å². The zero-order valence-electron chi connectivity index (χ0n) is 14.6. The van der Waals surface area contributed by atoms with Gasteiger partial charge in [-0.25, -0.2) is 0 Å². The summed E-state index contributed by atoms with van der Waals surface area (Å²) in [6.07, 6.45) is 1.29. The normalized spacial score (nSPS) is 11.0. The third-order valence-corrected chi connectivity index (χ3v) is 3.49. The predicted octanol–water partition coefficient (Wildman–Crippen LogP) is 3.04. The smallest absolute Gasteiger partial charge is 0.274 e. The Balaban J connectivity index is 2.50. The van der Waals surface area contributed by atoms with Crippen LogP contribution in [-0.2, 0) is 16.0 Å². The summed E-state index contributed by atoms with van der Waals surface area (Å²) < 4.78 is 0. The maximum Gasteiger partial charge on any atom is 0.274 e. The van der Waals surface area contributed by atoms with E-state index in [0.29, 0.717) is 30.6 Å². The summed E-state index contributed by atoms with van der Waals surface area (Å²) in [5.74, 6) is -0.299. The summed E-state index contributed by atoms with van der Waals surface area (Å²) in [7, 11) is 0. The third-order valence-electron chi connectivity index (χ3n) is 3.49. The lowest BCUT2D eigenvalue weighted by Gasteiger charge is -2.17. The number of hydrogen-bond acceptors (Lipinski definition) is 4. The predicted molar refractivity (Wildman–Crippen MR) is 92.8 cm³/mol. The van der Waals surface area contributed by atoms with Crippen LogP contribution < -0.4 is 10.6 Å². The summed E-state index contributed by atoms with van der Waals surface area (Å²) in [5, 5.41) is 16.5. The van der Waals surface area contributed by atoms with Gasteiger partial charge in [-0.3, -0.25) is 19.7 Å². The first-order chi connectivity index (χ1) is 11.1. The van der Waals surface area contributed by atoms with E-state index >= 15 is 0 Å². The molecule has 1 aromatic rings. The lowest BCUT2D eigenvalue weighted by molar-refractivity contribution is -0.385. The van der Waals surface area contributed by atoms with Crippen LogP contribution in [0.25, 0.3) is 0 Å². The number of carbonyl (C=O) groups is 2. The summed E-state index contributed by atoms with van der Waals surface area (Å²) in [4.78, 5) is 34.2. The molecule has 1 aromatic carbocycles. The van der Waals surface area contributed by atoms with Crippen molar-refractivity contribution in [3.05, 3.63) is 33.9 Å². The highest BCUT2D eigenvalue weighted by Gasteiger charge is 2.20. The van der Waals surface area contributed by atoms with Gasteiger partial charge in [-0.05, 0) is 18.9 Å². The minimum absolute atomic E-state index is 0.00717. The molecule has 0 radical (unpaired) electrons. The fraction of sp³-hybridized carbons (Fsp3) is 0.529. The Morgan fingerprint density at radius 3 is 2.46 bits per heavy atom. The van der Waals surface area contributed by atoms with Crippen molar-refractivity contribution in [2.75, 3.05) is 11.9 Å². The lowest BCUT2D eigenvalue weighted by Crippen LogP contribution is -2.35. The van der Waals surface area contributed by atoms with Crippen molar-refractivity contribution < 1.29 is 14.5 Å². The Kier molecular flexibility index (Phi) is 6.88. The first-order valence-electron chi connectivity index (χ1n) is 8.00. The second kappa shape index (κ2) is 8.42. The summed E-state index contributed by atoms with van der Waals surface area (Å²) in [6, 6.07) is 4.68. The van der Waals surface area contributed by atoms with Gasteiger partial charge < -0.3 is 10.6 Å². The van der Waals surface area contributed by atoms with Crippen LogP contribution in [0.15, 0.2) is 18.2 Å². The number of aryl methyl sites for hydroxylation is 1. The molecule has 0 heterocycles. The zero-order chi connectivity index (χ0) is 18.3. The SMILES string of the molecule is CCc1ccc(NC(=O)CCCNC(=O)C(C)(C)C)cc1[N+](=O)[O-]. The van der Waals surface area contributed by atoms with Gasteiger partial charge in [-0.2, -0.15) is 0 Å². The van der Waals surface area contributed by atoms with E-state index in [2.05, 4.69) is 10.6 Å². The minimum Gasteiger partial charge on any atom is -0.356 e. The molecule has 0 saturated heterocycles. The molecule has 24 heavy (non-hydrogen) atoms. The van der Waals surface area contributed by atoms with Gasteiger partial charge in [0.15, 0.2) is 0 Å². The van der Waals surface area contributed by atoms with E-state index in [4.69, 9.17) is 0 Å². The number of benzene rings is 1. The van der Waals surface area contributed by atoms with Crippen LogP contribution in [-0.4, -0.2) is 23.3 Å². The van der Waals surface area contributed by atoms with Crippen molar-refractivity contribution in [2.24, 2.45) is 5.41 Å². The molecule has 0 aromatic heterocycles. The number of carbonyl (C=O) groups excluding carboxylic acids is 2. The Morgan fingerprint density at radius 1 is 1.25 bits per heavy atom. The van der Waals surface area contributed by atoms with Crippen LogP contribution in [0, 0.1) is 15.5 Å². The van der Waals surface area contributed by atoms with Crippen molar-refractivity contribution in [1.82, 2.24) is 5.32 Å². The fourth-order valence-electron chi connectivity index (χ4n) is 2.05. The molecule has 132 valence electrons. The van der Waals surface area contributed by atoms with Crippen molar-refractivity contribution in [3.63, 3.8) is 0 Å². The van der Waals surface area contributed by atoms with Crippen molar-refractivity contribution in [2.45, 2.75) is 47.0 Å². The van der Waals surface area contributed by atoms with Gasteiger partial charge in [0.2, 0.25) is 11.8 Å². The van der Waals surface area contributed by atoms with Crippen molar-refractivity contribution >= 4 is 23.2 Å². The lowest BCUT2D eigenvalue weighted by atomic mass is 9.96. The number of nitro benzene ring substituents is 1. The molecule has 2 amide bonds. The highest BCUT2D eigenvalue weighted by Crippen LogP contribution is 2.23. The van der Waals surface area contributed by atoms with Gasteiger partial charge in [0, 0.05) is 35.7 Å². The number of amides is 2. The molecule has 0 bridgehead atoms. The molecular weight excluding hydrogens is 310 g/mol. The van der Waals surface area contributed by atoms with Crippen molar-refractivity contribution in [1.29, 1.82) is 0 Å². The summed E-state index contributed by atoms with van der Waals surface area (Å²) in [6.45, 7) is 7.72. The quantitative estimate of drug-likeness (QED) is 0.454. The van der Waals surface area contributed by atoms with Gasteiger partial charge in [0.25, 0.3) is 5.69 Å².